The van der Waals surface area contributed by atoms with Gasteiger partial charge in [0.15, 0.2) is 0 Å². The van der Waals surface area contributed by atoms with E-state index in [1.807, 2.05) is 6.07 Å². The van der Waals surface area contributed by atoms with Gasteiger partial charge in [-0.1, -0.05) is 29.8 Å². The zero-order chi connectivity index (χ0) is 22.4. The van der Waals surface area contributed by atoms with Crippen LogP contribution in [0.5, 0.6) is 11.5 Å². The number of piperidine rings is 1. The van der Waals surface area contributed by atoms with Crippen molar-refractivity contribution in [1.82, 2.24) is 9.80 Å². The van der Waals surface area contributed by atoms with E-state index in [1.165, 1.54) is 37.1 Å². The van der Waals surface area contributed by atoms with Gasteiger partial charge in [0.25, 0.3) is 0 Å². The van der Waals surface area contributed by atoms with Crippen molar-refractivity contribution in [2.45, 2.75) is 51.7 Å². The second-order valence-electron chi connectivity index (χ2n) is 9.60. The third kappa shape index (κ3) is 6.47. The van der Waals surface area contributed by atoms with Crippen LogP contribution in [0.3, 0.4) is 0 Å². The Morgan fingerprint density at radius 1 is 0.875 bits per heavy atom. The number of ether oxygens (including phenoxy) is 2. The molecule has 32 heavy (non-hydrogen) atoms. The summed E-state index contributed by atoms with van der Waals surface area (Å²) in [4.78, 5) is 4.88. The molecule has 1 N–H and O–H groups in total. The second-order valence-corrected chi connectivity index (χ2v) is 9.60. The van der Waals surface area contributed by atoms with Crippen LogP contribution in [0.25, 0.3) is 0 Å². The average molecular weight is 439 g/mol. The summed E-state index contributed by atoms with van der Waals surface area (Å²) in [5, 5.41) is 11.0. The minimum atomic E-state index is -0.749. The molecule has 0 aromatic heterocycles. The van der Waals surface area contributed by atoms with Crippen molar-refractivity contribution >= 4 is 0 Å². The van der Waals surface area contributed by atoms with Crippen molar-refractivity contribution in [2.75, 3.05) is 45.9 Å². The van der Waals surface area contributed by atoms with Crippen molar-refractivity contribution in [3.8, 4) is 11.5 Å². The van der Waals surface area contributed by atoms with Crippen LogP contribution in [-0.2, 0) is 6.54 Å². The lowest BCUT2D eigenvalue weighted by molar-refractivity contribution is -0.0538. The van der Waals surface area contributed by atoms with Crippen LogP contribution in [0, 0.1) is 13.8 Å². The third-order valence-corrected chi connectivity index (χ3v) is 6.82. The van der Waals surface area contributed by atoms with E-state index < -0.39 is 5.60 Å². The Balaban J connectivity index is 1.18. The molecule has 2 heterocycles. The van der Waals surface area contributed by atoms with Crippen LogP contribution in [0.1, 0.15) is 42.4 Å². The fourth-order valence-electron chi connectivity index (χ4n) is 4.69. The van der Waals surface area contributed by atoms with E-state index in [9.17, 15) is 5.11 Å². The van der Waals surface area contributed by atoms with E-state index >= 15 is 0 Å². The molecule has 2 fully saturated rings. The molecule has 0 unspecified atom stereocenters. The summed E-state index contributed by atoms with van der Waals surface area (Å²) in [6.45, 7) is 11.3. The van der Waals surface area contributed by atoms with Gasteiger partial charge in [-0.3, -0.25) is 9.80 Å². The highest BCUT2D eigenvalue weighted by atomic mass is 16.5. The Labute approximate surface area is 192 Å². The van der Waals surface area contributed by atoms with E-state index in [2.05, 4.69) is 60.0 Å². The predicted molar refractivity (Wildman–Crippen MR) is 128 cm³/mol. The minimum absolute atomic E-state index is 0.355. The molecular weight excluding hydrogens is 400 g/mol. The first-order chi connectivity index (χ1) is 15.5. The molecule has 5 heteroatoms. The summed E-state index contributed by atoms with van der Waals surface area (Å²) in [7, 11) is 0. The molecule has 0 aliphatic carbocycles. The van der Waals surface area contributed by atoms with E-state index in [0.29, 0.717) is 6.61 Å². The van der Waals surface area contributed by atoms with Crippen molar-refractivity contribution in [3.63, 3.8) is 0 Å². The van der Waals surface area contributed by atoms with Gasteiger partial charge in [0, 0.05) is 26.2 Å². The van der Waals surface area contributed by atoms with E-state index in [-0.39, 0.29) is 0 Å². The van der Waals surface area contributed by atoms with Crippen molar-refractivity contribution in [3.05, 3.63) is 59.2 Å². The number of aliphatic hydroxyl groups is 1. The Morgan fingerprint density at radius 2 is 1.59 bits per heavy atom. The third-order valence-electron chi connectivity index (χ3n) is 6.82. The predicted octanol–water partition coefficient (Wildman–Crippen LogP) is 4.18. The molecule has 0 bridgehead atoms. The monoisotopic (exact) mass is 438 g/mol. The number of rotatable bonds is 9. The molecule has 5 nitrogen and oxygen atoms in total. The van der Waals surface area contributed by atoms with Crippen molar-refractivity contribution in [2.24, 2.45) is 0 Å². The second kappa shape index (κ2) is 10.7. The largest absolute Gasteiger partial charge is 0.492 e. The van der Waals surface area contributed by atoms with Crippen LogP contribution < -0.4 is 9.47 Å². The van der Waals surface area contributed by atoms with Gasteiger partial charge in [-0.05, 0) is 81.9 Å². The Kier molecular flexibility index (Phi) is 7.71. The van der Waals surface area contributed by atoms with Gasteiger partial charge >= 0.3 is 0 Å². The number of likely N-dealkylation sites (tertiary alicyclic amines) is 2. The van der Waals surface area contributed by atoms with E-state index in [1.54, 1.807) is 0 Å². The average Bonchev–Trinajstić information content (AvgIpc) is 3.30. The molecule has 2 aliphatic rings. The zero-order valence-corrected chi connectivity index (χ0v) is 19.7. The first-order valence-corrected chi connectivity index (χ1v) is 12.1. The lowest BCUT2D eigenvalue weighted by atomic mass is 9.92. The number of nitrogens with zero attached hydrogens (tertiary/aromatic N) is 2. The smallest absolute Gasteiger partial charge is 0.122 e. The van der Waals surface area contributed by atoms with Crippen LogP contribution in [0.15, 0.2) is 42.5 Å². The Hall–Kier alpha value is -2.08. The highest BCUT2D eigenvalue weighted by Crippen LogP contribution is 2.27. The molecule has 0 amide bonds. The SMILES string of the molecule is Cc1ccc(OCC2(O)CCN(Cc3ccc(OCCN4CCCC4)cc3)CC2)c(C)c1. The fourth-order valence-corrected chi connectivity index (χ4v) is 4.69. The summed E-state index contributed by atoms with van der Waals surface area (Å²) in [6.07, 6.45) is 4.11. The zero-order valence-electron chi connectivity index (χ0n) is 19.7. The molecule has 174 valence electrons. The Morgan fingerprint density at radius 3 is 2.28 bits per heavy atom. The quantitative estimate of drug-likeness (QED) is 0.636. The van der Waals surface area contributed by atoms with Gasteiger partial charge in [0.2, 0.25) is 0 Å². The highest BCUT2D eigenvalue weighted by Gasteiger charge is 2.33. The molecule has 2 saturated heterocycles. The molecule has 0 saturated carbocycles. The van der Waals surface area contributed by atoms with Gasteiger partial charge in [-0.15, -0.1) is 0 Å². The van der Waals surface area contributed by atoms with Crippen LogP contribution in [0.2, 0.25) is 0 Å². The van der Waals surface area contributed by atoms with Gasteiger partial charge in [-0.2, -0.15) is 0 Å². The maximum atomic E-state index is 11.0. The van der Waals surface area contributed by atoms with Crippen LogP contribution in [0.4, 0.5) is 0 Å². The summed E-state index contributed by atoms with van der Waals surface area (Å²) < 4.78 is 11.9. The maximum absolute atomic E-state index is 11.0. The Bertz CT molecular complexity index is 854. The highest BCUT2D eigenvalue weighted by molar-refractivity contribution is 5.35. The molecule has 2 aliphatic heterocycles. The van der Waals surface area contributed by atoms with Crippen molar-refractivity contribution < 1.29 is 14.6 Å². The summed E-state index contributed by atoms with van der Waals surface area (Å²) in [5.74, 6) is 1.82. The molecule has 2 aromatic carbocycles. The number of hydrogen-bond donors (Lipinski definition) is 1. The molecule has 0 spiro atoms. The fraction of sp³-hybridized carbons (Fsp3) is 0.556. The summed E-state index contributed by atoms with van der Waals surface area (Å²) >= 11 is 0. The molecule has 0 atom stereocenters. The minimum Gasteiger partial charge on any atom is -0.492 e. The molecular formula is C27H38N2O3. The van der Waals surface area contributed by atoms with Gasteiger partial charge in [0.1, 0.15) is 30.3 Å². The van der Waals surface area contributed by atoms with E-state index in [0.717, 1.165) is 62.7 Å². The first kappa shape index (κ1) is 23.1. The topological polar surface area (TPSA) is 45.2 Å². The van der Waals surface area contributed by atoms with Crippen LogP contribution >= 0.6 is 0 Å². The van der Waals surface area contributed by atoms with Crippen molar-refractivity contribution in [1.29, 1.82) is 0 Å². The normalized spacial score (nSPS) is 19.2. The molecule has 0 radical (unpaired) electrons. The maximum Gasteiger partial charge on any atom is 0.122 e. The van der Waals surface area contributed by atoms with E-state index in [4.69, 9.17) is 9.47 Å². The standard InChI is InChI=1S/C27H38N2O3/c1-22-5-10-26(23(2)19-22)32-21-27(30)11-15-29(16-12-27)20-24-6-8-25(9-7-24)31-18-17-28-13-3-4-14-28/h5-10,19,30H,3-4,11-18,20-21H2,1-2H3. The number of hydrogen-bond acceptors (Lipinski definition) is 5. The van der Waals surface area contributed by atoms with Crippen LogP contribution in [-0.4, -0.2) is 66.4 Å². The van der Waals surface area contributed by atoms with Gasteiger partial charge in [0.05, 0.1) is 0 Å². The molecule has 2 aromatic rings. The number of benzene rings is 2. The lowest BCUT2D eigenvalue weighted by Crippen LogP contribution is -2.47. The molecule has 4 rings (SSSR count). The van der Waals surface area contributed by atoms with Gasteiger partial charge < -0.3 is 14.6 Å². The van der Waals surface area contributed by atoms with Gasteiger partial charge in [-0.25, -0.2) is 0 Å². The summed E-state index contributed by atoms with van der Waals surface area (Å²) in [5.41, 5.74) is 2.88. The number of aryl methyl sites for hydroxylation is 2. The lowest BCUT2D eigenvalue weighted by Gasteiger charge is -2.38. The first-order valence-electron chi connectivity index (χ1n) is 12.1. The summed E-state index contributed by atoms with van der Waals surface area (Å²) in [6, 6.07) is 14.7.